The molecule has 0 spiro atoms. The van der Waals surface area contributed by atoms with Crippen molar-refractivity contribution in [1.29, 1.82) is 0 Å². The van der Waals surface area contributed by atoms with Crippen LogP contribution in [0.4, 0.5) is 17.6 Å². The maximum atomic E-state index is 13.5. The average Bonchev–Trinajstić information content (AvgIpc) is 2.29. The van der Waals surface area contributed by atoms with Crippen LogP contribution in [0.25, 0.3) is 11.1 Å². The number of alkyl halides is 3. The topological polar surface area (TPSA) is 9.23 Å². The monoisotopic (exact) mass is 255 g/mol. The molecule has 0 saturated heterocycles. The molecule has 0 unspecified atom stereocenters. The van der Waals surface area contributed by atoms with E-state index in [9.17, 15) is 17.6 Å². The first-order valence-corrected chi connectivity index (χ1v) is 4.98. The van der Waals surface area contributed by atoms with Gasteiger partial charge in [0.25, 0.3) is 0 Å². The summed E-state index contributed by atoms with van der Waals surface area (Å²) in [6.07, 6.45) is -4.82. The van der Waals surface area contributed by atoms with Gasteiger partial charge in [0.05, 0.1) is 0 Å². The first-order chi connectivity index (χ1) is 8.47. The minimum absolute atomic E-state index is 0.0316. The van der Waals surface area contributed by atoms with Crippen LogP contribution in [-0.4, -0.2) is 6.36 Å². The van der Waals surface area contributed by atoms with Crippen molar-refractivity contribution in [1.82, 2.24) is 0 Å². The van der Waals surface area contributed by atoms with Crippen LogP contribution in [0, 0.1) is 11.9 Å². The Labute approximate surface area is 101 Å². The third-order valence-electron chi connectivity index (χ3n) is 2.22. The SMILES string of the molecule is Fc1ccccc1-c1cc[c]cc1OC(F)(F)F. The third kappa shape index (κ3) is 2.80. The van der Waals surface area contributed by atoms with Crippen LogP contribution < -0.4 is 4.74 Å². The quantitative estimate of drug-likeness (QED) is 0.731. The smallest absolute Gasteiger partial charge is 0.405 e. The molecule has 0 heterocycles. The summed E-state index contributed by atoms with van der Waals surface area (Å²) in [4.78, 5) is 0. The second-order valence-corrected chi connectivity index (χ2v) is 3.45. The summed E-state index contributed by atoms with van der Waals surface area (Å²) in [6, 6.07) is 11.7. The van der Waals surface area contributed by atoms with Gasteiger partial charge in [-0.2, -0.15) is 0 Å². The Morgan fingerprint density at radius 1 is 1.00 bits per heavy atom. The Hall–Kier alpha value is -2.04. The summed E-state index contributed by atoms with van der Waals surface area (Å²) in [6.45, 7) is 0. The molecule has 0 saturated carbocycles. The number of benzene rings is 2. The number of halogens is 4. The summed E-state index contributed by atoms with van der Waals surface area (Å²) >= 11 is 0. The molecule has 0 aliphatic heterocycles. The molecule has 18 heavy (non-hydrogen) atoms. The van der Waals surface area contributed by atoms with E-state index in [2.05, 4.69) is 10.8 Å². The Morgan fingerprint density at radius 3 is 2.39 bits per heavy atom. The van der Waals surface area contributed by atoms with Crippen molar-refractivity contribution in [3.05, 3.63) is 54.3 Å². The Bertz CT molecular complexity index is 549. The van der Waals surface area contributed by atoms with Gasteiger partial charge in [0.2, 0.25) is 0 Å². The maximum absolute atomic E-state index is 13.5. The van der Waals surface area contributed by atoms with Crippen LogP contribution in [0.3, 0.4) is 0 Å². The highest BCUT2D eigenvalue weighted by Gasteiger charge is 2.32. The van der Waals surface area contributed by atoms with Gasteiger partial charge < -0.3 is 4.74 Å². The Balaban J connectivity index is 2.49. The molecule has 2 aromatic carbocycles. The van der Waals surface area contributed by atoms with Crippen molar-refractivity contribution in [3.63, 3.8) is 0 Å². The summed E-state index contributed by atoms with van der Waals surface area (Å²) in [5.41, 5.74) is 0.0786. The fourth-order valence-electron chi connectivity index (χ4n) is 1.53. The molecule has 0 atom stereocenters. The second-order valence-electron chi connectivity index (χ2n) is 3.45. The van der Waals surface area contributed by atoms with Gasteiger partial charge in [-0.1, -0.05) is 24.3 Å². The van der Waals surface area contributed by atoms with Crippen LogP contribution >= 0.6 is 0 Å². The first-order valence-electron chi connectivity index (χ1n) is 4.98. The lowest BCUT2D eigenvalue weighted by Gasteiger charge is -2.13. The second kappa shape index (κ2) is 4.68. The Morgan fingerprint density at radius 2 is 1.72 bits per heavy atom. The highest BCUT2D eigenvalue weighted by molar-refractivity contribution is 5.70. The van der Waals surface area contributed by atoms with Gasteiger partial charge in [-0.25, -0.2) is 4.39 Å². The van der Waals surface area contributed by atoms with E-state index in [1.165, 1.54) is 36.4 Å². The van der Waals surface area contributed by atoms with Gasteiger partial charge in [-0.05, 0) is 24.3 Å². The highest BCUT2D eigenvalue weighted by atomic mass is 19.4. The van der Waals surface area contributed by atoms with Crippen molar-refractivity contribution < 1.29 is 22.3 Å². The minimum Gasteiger partial charge on any atom is -0.405 e. The molecule has 0 fully saturated rings. The zero-order chi connectivity index (χ0) is 13.2. The predicted molar refractivity (Wildman–Crippen MR) is 57.4 cm³/mol. The highest BCUT2D eigenvalue weighted by Crippen LogP contribution is 2.34. The van der Waals surface area contributed by atoms with Crippen molar-refractivity contribution >= 4 is 0 Å². The van der Waals surface area contributed by atoms with Crippen molar-refractivity contribution in [2.45, 2.75) is 6.36 Å². The lowest BCUT2D eigenvalue weighted by Crippen LogP contribution is -2.17. The number of ether oxygens (including phenoxy) is 1. The molecule has 93 valence electrons. The first kappa shape index (κ1) is 12.4. The molecule has 2 rings (SSSR count). The lowest BCUT2D eigenvalue weighted by atomic mass is 10.0. The largest absolute Gasteiger partial charge is 0.573 e. The number of hydrogen-bond acceptors (Lipinski definition) is 1. The van der Waals surface area contributed by atoms with E-state index in [-0.39, 0.29) is 11.1 Å². The molecular formula is C13H7F4O. The molecule has 1 radical (unpaired) electrons. The fourth-order valence-corrected chi connectivity index (χ4v) is 1.53. The van der Waals surface area contributed by atoms with Crippen molar-refractivity contribution in [2.75, 3.05) is 0 Å². The van der Waals surface area contributed by atoms with Gasteiger partial charge >= 0.3 is 6.36 Å². The van der Waals surface area contributed by atoms with E-state index >= 15 is 0 Å². The van der Waals surface area contributed by atoms with Gasteiger partial charge in [-0.3, -0.25) is 0 Å². The molecule has 0 aliphatic carbocycles. The van der Waals surface area contributed by atoms with E-state index in [1.807, 2.05) is 0 Å². The van der Waals surface area contributed by atoms with Crippen LogP contribution in [-0.2, 0) is 0 Å². The number of hydrogen-bond donors (Lipinski definition) is 0. The molecule has 5 heteroatoms. The summed E-state index contributed by atoms with van der Waals surface area (Å²) in [5, 5.41) is 0. The zero-order valence-corrected chi connectivity index (χ0v) is 8.96. The van der Waals surface area contributed by atoms with E-state index in [4.69, 9.17) is 0 Å². The van der Waals surface area contributed by atoms with Crippen molar-refractivity contribution in [3.8, 4) is 16.9 Å². The van der Waals surface area contributed by atoms with E-state index in [1.54, 1.807) is 0 Å². The van der Waals surface area contributed by atoms with Gasteiger partial charge in [0, 0.05) is 11.1 Å². The summed E-state index contributed by atoms with van der Waals surface area (Å²) in [5.74, 6) is -1.09. The Kier molecular flexibility index (Phi) is 3.23. The number of rotatable bonds is 2. The van der Waals surface area contributed by atoms with Gasteiger partial charge in [0.15, 0.2) is 0 Å². The minimum atomic E-state index is -4.82. The van der Waals surface area contributed by atoms with Crippen molar-refractivity contribution in [2.24, 2.45) is 0 Å². The van der Waals surface area contributed by atoms with E-state index in [0.29, 0.717) is 0 Å². The van der Waals surface area contributed by atoms with Crippen LogP contribution in [0.1, 0.15) is 0 Å². The van der Waals surface area contributed by atoms with E-state index in [0.717, 1.165) is 6.07 Å². The standard InChI is InChI=1S/C13H7F4O/c14-11-7-3-1-5-9(11)10-6-2-4-8-12(10)18-13(15,16)17/h1-3,5-8H. The fraction of sp³-hybridized carbons (Fsp3) is 0.0769. The van der Waals surface area contributed by atoms with E-state index < -0.39 is 17.9 Å². The maximum Gasteiger partial charge on any atom is 0.573 e. The van der Waals surface area contributed by atoms with Gasteiger partial charge in [0.1, 0.15) is 11.6 Å². The van der Waals surface area contributed by atoms with Gasteiger partial charge in [-0.15, -0.1) is 13.2 Å². The summed E-state index contributed by atoms with van der Waals surface area (Å²) in [7, 11) is 0. The van der Waals surface area contributed by atoms with Crippen LogP contribution in [0.2, 0.25) is 0 Å². The molecule has 0 aromatic heterocycles. The third-order valence-corrected chi connectivity index (χ3v) is 2.22. The molecule has 1 nitrogen and oxygen atoms in total. The molecular weight excluding hydrogens is 248 g/mol. The molecule has 0 N–H and O–H groups in total. The molecule has 0 aliphatic rings. The van der Waals surface area contributed by atoms with Crippen LogP contribution in [0.5, 0.6) is 5.75 Å². The van der Waals surface area contributed by atoms with Crippen LogP contribution in [0.15, 0.2) is 42.5 Å². The molecule has 2 aromatic rings. The zero-order valence-electron chi connectivity index (χ0n) is 8.96. The summed E-state index contributed by atoms with van der Waals surface area (Å²) < 4.78 is 54.0. The molecule has 0 amide bonds. The average molecular weight is 255 g/mol. The predicted octanol–water partition coefficient (Wildman–Crippen LogP) is 4.19. The molecule has 0 bridgehead atoms. The lowest BCUT2D eigenvalue weighted by molar-refractivity contribution is -0.274. The normalized spacial score (nSPS) is 11.3.